The highest BCUT2D eigenvalue weighted by molar-refractivity contribution is 5.96. The Morgan fingerprint density at radius 2 is 1.94 bits per heavy atom. The molecule has 0 radical (unpaired) electrons. The average molecular weight is 472 g/mol. The normalized spacial score (nSPS) is 15.7. The lowest BCUT2D eigenvalue weighted by Crippen LogP contribution is -2.39. The van der Waals surface area contributed by atoms with Crippen LogP contribution >= 0.6 is 0 Å². The molecule has 2 aromatic carbocycles. The van der Waals surface area contributed by atoms with Crippen molar-refractivity contribution in [2.45, 2.75) is 38.8 Å². The molecule has 1 fully saturated rings. The minimum atomic E-state index is -0.332. The summed E-state index contributed by atoms with van der Waals surface area (Å²) >= 11 is 0. The molecule has 0 bridgehead atoms. The number of hydrogen-bond donors (Lipinski definition) is 0. The molecule has 3 heterocycles. The van der Waals surface area contributed by atoms with E-state index in [0.29, 0.717) is 36.1 Å². The number of carbonyl (C=O) groups is 1. The van der Waals surface area contributed by atoms with Crippen LogP contribution in [0.1, 0.15) is 52.7 Å². The van der Waals surface area contributed by atoms with E-state index in [1.54, 1.807) is 30.7 Å². The van der Waals surface area contributed by atoms with E-state index in [4.69, 9.17) is 4.74 Å². The predicted molar refractivity (Wildman–Crippen MR) is 129 cm³/mol. The first-order chi connectivity index (χ1) is 17.1. The fourth-order valence-electron chi connectivity index (χ4n) is 4.43. The highest BCUT2D eigenvalue weighted by Gasteiger charge is 2.32. The molecule has 0 saturated carbocycles. The van der Waals surface area contributed by atoms with Gasteiger partial charge in [-0.15, -0.1) is 0 Å². The second-order valence-corrected chi connectivity index (χ2v) is 8.66. The lowest BCUT2D eigenvalue weighted by Gasteiger charge is -2.35. The summed E-state index contributed by atoms with van der Waals surface area (Å²) in [5.74, 6) is 1.05. The van der Waals surface area contributed by atoms with E-state index in [1.807, 2.05) is 46.9 Å². The Balaban J connectivity index is 1.43. The number of rotatable bonds is 6. The van der Waals surface area contributed by atoms with Crippen molar-refractivity contribution in [3.05, 3.63) is 102 Å². The third kappa shape index (κ3) is 5.21. The first-order valence-electron chi connectivity index (χ1n) is 11.7. The molecule has 178 valence electrons. The molecule has 5 rings (SSSR count). The quantitative estimate of drug-likeness (QED) is 0.380. The van der Waals surface area contributed by atoms with E-state index < -0.39 is 0 Å². The van der Waals surface area contributed by atoms with Gasteiger partial charge in [-0.2, -0.15) is 4.98 Å². The molecule has 0 spiro atoms. The molecule has 1 aliphatic rings. The Labute approximate surface area is 203 Å². The fourth-order valence-corrected chi connectivity index (χ4v) is 4.43. The fraction of sp³-hybridized carbons (Fsp3) is 0.259. The Morgan fingerprint density at radius 1 is 1.11 bits per heavy atom. The predicted octanol–water partition coefficient (Wildman–Crippen LogP) is 5.33. The van der Waals surface area contributed by atoms with Crippen molar-refractivity contribution < 1.29 is 13.9 Å². The molecule has 0 aliphatic carbocycles. The minimum absolute atomic E-state index is 0.0310. The molecule has 0 N–H and O–H groups in total. The maximum atomic E-state index is 13.8. The number of hydrogen-bond acceptors (Lipinski definition) is 5. The zero-order chi connectivity index (χ0) is 24.2. The molecule has 35 heavy (non-hydrogen) atoms. The van der Waals surface area contributed by atoms with Gasteiger partial charge in [-0.3, -0.25) is 4.79 Å². The van der Waals surface area contributed by atoms with Crippen molar-refractivity contribution in [2.75, 3.05) is 6.54 Å². The van der Waals surface area contributed by atoms with E-state index >= 15 is 0 Å². The Bertz CT molecular complexity index is 1310. The van der Waals surface area contributed by atoms with Gasteiger partial charge < -0.3 is 14.2 Å². The highest BCUT2D eigenvalue weighted by atomic mass is 19.1. The van der Waals surface area contributed by atoms with Crippen LogP contribution in [0, 0.1) is 12.7 Å². The van der Waals surface area contributed by atoms with E-state index in [1.165, 1.54) is 12.1 Å². The van der Waals surface area contributed by atoms with Crippen LogP contribution in [-0.4, -0.2) is 36.9 Å². The molecule has 2 aromatic heterocycles. The van der Waals surface area contributed by atoms with Gasteiger partial charge in [0, 0.05) is 42.8 Å². The number of piperidine rings is 1. The second-order valence-electron chi connectivity index (χ2n) is 8.66. The van der Waals surface area contributed by atoms with E-state index in [0.717, 1.165) is 30.5 Å². The van der Waals surface area contributed by atoms with Gasteiger partial charge in [-0.25, -0.2) is 14.4 Å². The monoisotopic (exact) mass is 471 g/mol. The van der Waals surface area contributed by atoms with Crippen LogP contribution in [0.5, 0.6) is 11.6 Å². The van der Waals surface area contributed by atoms with E-state index in [2.05, 4.69) is 15.0 Å². The maximum absolute atomic E-state index is 13.8. The number of halogens is 1. The van der Waals surface area contributed by atoms with Crippen LogP contribution < -0.4 is 4.74 Å². The summed E-state index contributed by atoms with van der Waals surface area (Å²) in [6.07, 6.45) is 8.04. The van der Waals surface area contributed by atoms with Gasteiger partial charge in [0.25, 0.3) is 5.91 Å². The van der Waals surface area contributed by atoms with E-state index in [9.17, 15) is 9.18 Å². The number of amides is 1. The summed E-state index contributed by atoms with van der Waals surface area (Å²) in [5.41, 5.74) is 2.35. The summed E-state index contributed by atoms with van der Waals surface area (Å²) in [7, 11) is 0. The molecule has 1 saturated heterocycles. The van der Waals surface area contributed by atoms with Gasteiger partial charge in [-0.05, 0) is 62.1 Å². The molecule has 8 heteroatoms. The number of aromatic nitrogens is 4. The van der Waals surface area contributed by atoms with Gasteiger partial charge in [0.2, 0.25) is 5.88 Å². The third-order valence-corrected chi connectivity index (χ3v) is 6.11. The van der Waals surface area contributed by atoms with Gasteiger partial charge in [0.15, 0.2) is 5.82 Å². The standard InChI is InChI=1S/C27H26FN5O2/c1-19-16-25(35-22-11-9-21(28)10-12-22)31-26(30-19)24-8-4-5-14-33(24)27(34)23-7-3-2-6-20(23)17-32-15-13-29-18-32/h2-3,6-7,9-13,15-16,18,24H,4-5,8,14,17H2,1H3/t24-/m1/s1. The third-order valence-electron chi connectivity index (χ3n) is 6.11. The average Bonchev–Trinajstić information content (AvgIpc) is 3.38. The smallest absolute Gasteiger partial charge is 0.254 e. The number of benzene rings is 2. The molecule has 7 nitrogen and oxygen atoms in total. The number of ether oxygens (including phenoxy) is 1. The summed E-state index contributed by atoms with van der Waals surface area (Å²) in [5, 5.41) is 0. The SMILES string of the molecule is Cc1cc(Oc2ccc(F)cc2)nc([C@H]2CCCCN2C(=O)c2ccccc2Cn2ccnc2)n1. The molecular formula is C27H26FN5O2. The van der Waals surface area contributed by atoms with Crippen molar-refractivity contribution in [3.8, 4) is 11.6 Å². The largest absolute Gasteiger partial charge is 0.439 e. The van der Waals surface area contributed by atoms with Gasteiger partial charge in [-0.1, -0.05) is 18.2 Å². The van der Waals surface area contributed by atoms with Crippen LogP contribution in [0.15, 0.2) is 73.3 Å². The first-order valence-corrected chi connectivity index (χ1v) is 11.7. The van der Waals surface area contributed by atoms with Crippen LogP contribution in [0.2, 0.25) is 0 Å². The number of carbonyl (C=O) groups excluding carboxylic acids is 1. The van der Waals surface area contributed by atoms with Crippen LogP contribution in [0.4, 0.5) is 4.39 Å². The van der Waals surface area contributed by atoms with E-state index in [-0.39, 0.29) is 17.8 Å². The van der Waals surface area contributed by atoms with Crippen molar-refractivity contribution in [1.82, 2.24) is 24.4 Å². The molecule has 4 aromatic rings. The summed E-state index contributed by atoms with van der Waals surface area (Å²) < 4.78 is 21.1. The molecule has 1 aliphatic heterocycles. The molecule has 1 atom stereocenters. The van der Waals surface area contributed by atoms with Gasteiger partial charge >= 0.3 is 0 Å². The first kappa shape index (κ1) is 22.7. The number of nitrogens with zero attached hydrogens (tertiary/aromatic N) is 5. The Kier molecular flexibility index (Phi) is 6.52. The van der Waals surface area contributed by atoms with Crippen molar-refractivity contribution in [2.24, 2.45) is 0 Å². The topological polar surface area (TPSA) is 73.1 Å². The molecular weight excluding hydrogens is 445 g/mol. The van der Waals surface area contributed by atoms with Crippen molar-refractivity contribution in [3.63, 3.8) is 0 Å². The van der Waals surface area contributed by atoms with Crippen LogP contribution in [0.3, 0.4) is 0 Å². The highest BCUT2D eigenvalue weighted by Crippen LogP contribution is 2.32. The van der Waals surface area contributed by atoms with Gasteiger partial charge in [0.05, 0.1) is 12.4 Å². The summed E-state index contributed by atoms with van der Waals surface area (Å²) in [6, 6.07) is 15.0. The minimum Gasteiger partial charge on any atom is -0.439 e. The number of aryl methyl sites for hydroxylation is 1. The number of imidazole rings is 1. The number of likely N-dealkylation sites (tertiary alicyclic amines) is 1. The van der Waals surface area contributed by atoms with Crippen LogP contribution in [-0.2, 0) is 6.54 Å². The molecule has 1 amide bonds. The lowest BCUT2D eigenvalue weighted by molar-refractivity contribution is 0.0597. The lowest BCUT2D eigenvalue weighted by atomic mass is 9.98. The van der Waals surface area contributed by atoms with Gasteiger partial charge in [0.1, 0.15) is 11.6 Å². The zero-order valence-corrected chi connectivity index (χ0v) is 19.5. The molecule has 0 unspecified atom stereocenters. The summed E-state index contributed by atoms with van der Waals surface area (Å²) in [6.45, 7) is 3.07. The maximum Gasteiger partial charge on any atom is 0.254 e. The summed E-state index contributed by atoms with van der Waals surface area (Å²) in [4.78, 5) is 29.1. The Hall–Kier alpha value is -4.07. The Morgan fingerprint density at radius 3 is 2.74 bits per heavy atom. The second kappa shape index (κ2) is 10.0. The zero-order valence-electron chi connectivity index (χ0n) is 19.5. The van der Waals surface area contributed by atoms with Crippen LogP contribution in [0.25, 0.3) is 0 Å². The van der Waals surface area contributed by atoms with Crippen molar-refractivity contribution >= 4 is 5.91 Å². The van der Waals surface area contributed by atoms with Crippen molar-refractivity contribution in [1.29, 1.82) is 0 Å².